The Morgan fingerprint density at radius 1 is 1.21 bits per heavy atom. The van der Waals surface area contributed by atoms with Crippen molar-refractivity contribution in [3.63, 3.8) is 0 Å². The third-order valence-corrected chi connectivity index (χ3v) is 4.51. The lowest BCUT2D eigenvalue weighted by atomic mass is 9.95. The highest BCUT2D eigenvalue weighted by molar-refractivity contribution is 5.78. The summed E-state index contributed by atoms with van der Waals surface area (Å²) in [5.74, 6) is 1.53. The summed E-state index contributed by atoms with van der Waals surface area (Å²) in [7, 11) is 0. The number of nitrogens with zero attached hydrogens (tertiary/aromatic N) is 2. The molecule has 2 atom stereocenters. The van der Waals surface area contributed by atoms with Gasteiger partial charge in [-0.2, -0.15) is 0 Å². The van der Waals surface area contributed by atoms with Gasteiger partial charge in [0.25, 0.3) is 0 Å². The van der Waals surface area contributed by atoms with Crippen LogP contribution in [0.4, 0.5) is 0 Å². The zero-order valence-electron chi connectivity index (χ0n) is 12.2. The first kappa shape index (κ1) is 14.8. The molecule has 110 valence electrons. The number of aliphatic hydroxyl groups is 1. The molecule has 1 amide bonds. The van der Waals surface area contributed by atoms with Crippen molar-refractivity contribution in [1.82, 2.24) is 9.80 Å². The Labute approximate surface area is 116 Å². The molecule has 19 heavy (non-hydrogen) atoms. The van der Waals surface area contributed by atoms with Crippen LogP contribution in [0.15, 0.2) is 0 Å². The lowest BCUT2D eigenvalue weighted by Gasteiger charge is -2.36. The van der Waals surface area contributed by atoms with Crippen LogP contribution >= 0.6 is 0 Å². The molecule has 0 aromatic heterocycles. The van der Waals surface area contributed by atoms with Crippen LogP contribution in [0.2, 0.25) is 0 Å². The van der Waals surface area contributed by atoms with Gasteiger partial charge in [0, 0.05) is 26.2 Å². The SMILES string of the molecule is CC1CCCN(C(=O)CN2CCCC(CCO)C2)C1. The molecule has 0 radical (unpaired) electrons. The topological polar surface area (TPSA) is 43.8 Å². The molecule has 0 aromatic carbocycles. The van der Waals surface area contributed by atoms with Gasteiger partial charge in [-0.3, -0.25) is 9.69 Å². The van der Waals surface area contributed by atoms with E-state index in [0.717, 1.165) is 45.4 Å². The third-order valence-electron chi connectivity index (χ3n) is 4.51. The van der Waals surface area contributed by atoms with E-state index in [1.54, 1.807) is 0 Å². The fraction of sp³-hybridized carbons (Fsp3) is 0.933. The van der Waals surface area contributed by atoms with Crippen LogP contribution in [0.1, 0.15) is 39.0 Å². The molecule has 2 unspecified atom stereocenters. The van der Waals surface area contributed by atoms with Gasteiger partial charge in [0.05, 0.1) is 6.54 Å². The van der Waals surface area contributed by atoms with Gasteiger partial charge in [0.1, 0.15) is 0 Å². The third kappa shape index (κ3) is 4.46. The van der Waals surface area contributed by atoms with E-state index in [1.165, 1.54) is 12.8 Å². The lowest BCUT2D eigenvalue weighted by Crippen LogP contribution is -2.47. The smallest absolute Gasteiger partial charge is 0.236 e. The summed E-state index contributed by atoms with van der Waals surface area (Å²) in [6, 6.07) is 0. The number of amides is 1. The molecule has 4 heteroatoms. The molecule has 2 fully saturated rings. The molecular formula is C15H28N2O2. The largest absolute Gasteiger partial charge is 0.396 e. The van der Waals surface area contributed by atoms with Gasteiger partial charge in [-0.15, -0.1) is 0 Å². The van der Waals surface area contributed by atoms with Crippen molar-refractivity contribution in [2.45, 2.75) is 39.0 Å². The molecule has 0 spiro atoms. The van der Waals surface area contributed by atoms with E-state index >= 15 is 0 Å². The minimum absolute atomic E-state index is 0.274. The minimum atomic E-state index is 0.274. The van der Waals surface area contributed by atoms with Crippen molar-refractivity contribution in [2.75, 3.05) is 39.3 Å². The van der Waals surface area contributed by atoms with Crippen LogP contribution in [0.5, 0.6) is 0 Å². The number of aliphatic hydroxyl groups excluding tert-OH is 1. The molecule has 2 heterocycles. The molecule has 0 saturated carbocycles. The van der Waals surface area contributed by atoms with Gasteiger partial charge in [0.2, 0.25) is 5.91 Å². The van der Waals surface area contributed by atoms with Crippen LogP contribution in [0, 0.1) is 11.8 Å². The van der Waals surface area contributed by atoms with Crippen molar-refractivity contribution in [2.24, 2.45) is 11.8 Å². The molecule has 2 rings (SSSR count). The van der Waals surface area contributed by atoms with Gasteiger partial charge in [-0.05, 0) is 50.5 Å². The Morgan fingerprint density at radius 3 is 2.74 bits per heavy atom. The predicted octanol–water partition coefficient (Wildman–Crippen LogP) is 1.34. The number of rotatable bonds is 4. The Kier molecular flexibility index (Phi) is 5.64. The number of carbonyl (C=O) groups excluding carboxylic acids is 1. The van der Waals surface area contributed by atoms with Crippen molar-refractivity contribution in [3.05, 3.63) is 0 Å². The van der Waals surface area contributed by atoms with Crippen molar-refractivity contribution >= 4 is 5.91 Å². The first-order valence-corrected chi connectivity index (χ1v) is 7.80. The summed E-state index contributed by atoms with van der Waals surface area (Å²) in [5, 5.41) is 9.03. The van der Waals surface area contributed by atoms with Crippen LogP contribution in [-0.2, 0) is 4.79 Å². The van der Waals surface area contributed by atoms with Gasteiger partial charge < -0.3 is 10.0 Å². The second kappa shape index (κ2) is 7.25. The summed E-state index contributed by atoms with van der Waals surface area (Å²) >= 11 is 0. The monoisotopic (exact) mass is 268 g/mol. The molecular weight excluding hydrogens is 240 g/mol. The summed E-state index contributed by atoms with van der Waals surface area (Å²) in [4.78, 5) is 16.6. The fourth-order valence-corrected chi connectivity index (χ4v) is 3.42. The number of hydrogen-bond donors (Lipinski definition) is 1. The molecule has 2 aliphatic rings. The first-order chi connectivity index (χ1) is 9.19. The average molecular weight is 268 g/mol. The highest BCUT2D eigenvalue weighted by Gasteiger charge is 2.25. The summed E-state index contributed by atoms with van der Waals surface area (Å²) in [6.07, 6.45) is 5.65. The predicted molar refractivity (Wildman–Crippen MR) is 75.8 cm³/mol. The van der Waals surface area contributed by atoms with Gasteiger partial charge in [-0.25, -0.2) is 0 Å². The normalized spacial score (nSPS) is 29.5. The maximum absolute atomic E-state index is 12.3. The van der Waals surface area contributed by atoms with Crippen molar-refractivity contribution in [1.29, 1.82) is 0 Å². The van der Waals surface area contributed by atoms with Crippen LogP contribution in [-0.4, -0.2) is 60.1 Å². The zero-order chi connectivity index (χ0) is 13.7. The van der Waals surface area contributed by atoms with Gasteiger partial charge in [0.15, 0.2) is 0 Å². The van der Waals surface area contributed by atoms with E-state index in [4.69, 9.17) is 5.11 Å². The quantitative estimate of drug-likeness (QED) is 0.837. The van der Waals surface area contributed by atoms with Crippen molar-refractivity contribution in [3.8, 4) is 0 Å². The van der Waals surface area contributed by atoms with Crippen LogP contribution < -0.4 is 0 Å². The van der Waals surface area contributed by atoms with Gasteiger partial charge in [-0.1, -0.05) is 6.92 Å². The molecule has 0 bridgehead atoms. The number of carbonyl (C=O) groups is 1. The number of piperidine rings is 2. The Morgan fingerprint density at radius 2 is 2.00 bits per heavy atom. The summed E-state index contributed by atoms with van der Waals surface area (Å²) < 4.78 is 0. The molecule has 1 N–H and O–H groups in total. The van der Waals surface area contributed by atoms with E-state index in [9.17, 15) is 4.79 Å². The zero-order valence-corrected chi connectivity index (χ0v) is 12.2. The number of likely N-dealkylation sites (tertiary alicyclic amines) is 2. The lowest BCUT2D eigenvalue weighted by molar-refractivity contribution is -0.134. The van der Waals surface area contributed by atoms with Crippen LogP contribution in [0.25, 0.3) is 0 Å². The van der Waals surface area contributed by atoms with E-state index in [2.05, 4.69) is 11.8 Å². The number of hydrogen-bond acceptors (Lipinski definition) is 3. The van der Waals surface area contributed by atoms with Crippen LogP contribution in [0.3, 0.4) is 0 Å². The Bertz CT molecular complexity index is 294. The maximum atomic E-state index is 12.3. The highest BCUT2D eigenvalue weighted by atomic mass is 16.3. The summed E-state index contributed by atoms with van der Waals surface area (Å²) in [5.41, 5.74) is 0. The Balaban J connectivity index is 1.77. The molecule has 4 nitrogen and oxygen atoms in total. The van der Waals surface area contributed by atoms with Crippen molar-refractivity contribution < 1.29 is 9.90 Å². The molecule has 0 aliphatic carbocycles. The van der Waals surface area contributed by atoms with E-state index < -0.39 is 0 Å². The van der Waals surface area contributed by atoms with E-state index in [0.29, 0.717) is 24.3 Å². The highest BCUT2D eigenvalue weighted by Crippen LogP contribution is 2.20. The summed E-state index contributed by atoms with van der Waals surface area (Å²) in [6.45, 7) is 6.99. The maximum Gasteiger partial charge on any atom is 0.236 e. The van der Waals surface area contributed by atoms with E-state index in [1.807, 2.05) is 4.90 Å². The second-order valence-corrected chi connectivity index (χ2v) is 6.34. The molecule has 0 aromatic rings. The standard InChI is InChI=1S/C15H28N2O2/c1-13-4-2-8-17(10-13)15(19)12-16-7-3-5-14(11-16)6-9-18/h13-14,18H,2-12H2,1H3. The van der Waals surface area contributed by atoms with E-state index in [-0.39, 0.29) is 6.61 Å². The average Bonchev–Trinajstić information content (AvgIpc) is 2.39. The first-order valence-electron chi connectivity index (χ1n) is 7.80. The Hall–Kier alpha value is -0.610. The van der Waals surface area contributed by atoms with Gasteiger partial charge >= 0.3 is 0 Å². The molecule has 2 aliphatic heterocycles. The minimum Gasteiger partial charge on any atom is -0.396 e. The second-order valence-electron chi connectivity index (χ2n) is 6.34. The molecule has 2 saturated heterocycles. The fourth-order valence-electron chi connectivity index (χ4n) is 3.42.